The van der Waals surface area contributed by atoms with Crippen LogP contribution >= 0.6 is 0 Å². The molecular formula is C12H26N2O. The summed E-state index contributed by atoms with van der Waals surface area (Å²) in [6.07, 6.45) is 5.83. The summed E-state index contributed by atoms with van der Waals surface area (Å²) in [6.45, 7) is 6.74. The molecule has 0 aromatic heterocycles. The van der Waals surface area contributed by atoms with E-state index >= 15 is 0 Å². The molecule has 90 valence electrons. The number of nitrogens with zero attached hydrogens (tertiary/aromatic N) is 1. The summed E-state index contributed by atoms with van der Waals surface area (Å²) in [4.78, 5) is 2.56. The fourth-order valence-corrected chi connectivity index (χ4v) is 1.97. The average molecular weight is 214 g/mol. The molecule has 0 aromatic carbocycles. The molecular weight excluding hydrogens is 188 g/mol. The Kier molecular flexibility index (Phi) is 5.03. The summed E-state index contributed by atoms with van der Waals surface area (Å²) in [6, 6.07) is 0.841. The first-order chi connectivity index (χ1) is 7.09. The van der Waals surface area contributed by atoms with Gasteiger partial charge in [-0.2, -0.15) is 0 Å². The SMILES string of the molecule is CCCN(CCCC(C)(O)CN)C1CC1. The minimum atomic E-state index is -0.665. The van der Waals surface area contributed by atoms with E-state index in [1.165, 1.54) is 25.8 Å². The average Bonchev–Trinajstić information content (AvgIpc) is 3.00. The van der Waals surface area contributed by atoms with Gasteiger partial charge in [0, 0.05) is 12.6 Å². The van der Waals surface area contributed by atoms with Gasteiger partial charge in [0.2, 0.25) is 0 Å². The van der Waals surface area contributed by atoms with Crippen LogP contribution in [0.1, 0.15) is 46.0 Å². The van der Waals surface area contributed by atoms with Crippen molar-refractivity contribution in [1.29, 1.82) is 0 Å². The van der Waals surface area contributed by atoms with Crippen LogP contribution < -0.4 is 5.73 Å². The molecule has 3 heteroatoms. The van der Waals surface area contributed by atoms with Gasteiger partial charge in [-0.25, -0.2) is 0 Å². The third-order valence-electron chi connectivity index (χ3n) is 3.17. The molecule has 0 heterocycles. The highest BCUT2D eigenvalue weighted by Crippen LogP contribution is 2.27. The van der Waals surface area contributed by atoms with Gasteiger partial charge in [0.05, 0.1) is 5.60 Å². The van der Waals surface area contributed by atoms with E-state index in [2.05, 4.69) is 11.8 Å². The van der Waals surface area contributed by atoms with Crippen molar-refractivity contribution in [3.8, 4) is 0 Å². The molecule has 3 nitrogen and oxygen atoms in total. The van der Waals surface area contributed by atoms with Gasteiger partial charge < -0.3 is 15.7 Å². The maximum absolute atomic E-state index is 9.78. The molecule has 1 unspecified atom stereocenters. The van der Waals surface area contributed by atoms with E-state index in [9.17, 15) is 5.11 Å². The Bertz CT molecular complexity index is 178. The molecule has 0 bridgehead atoms. The smallest absolute Gasteiger partial charge is 0.0741 e. The molecule has 3 N–H and O–H groups in total. The quantitative estimate of drug-likeness (QED) is 0.641. The predicted octanol–water partition coefficient (Wildman–Crippen LogP) is 1.35. The zero-order chi connectivity index (χ0) is 11.3. The van der Waals surface area contributed by atoms with Crippen LogP contribution in [0.25, 0.3) is 0 Å². The monoisotopic (exact) mass is 214 g/mol. The van der Waals surface area contributed by atoms with E-state index in [0.29, 0.717) is 6.54 Å². The van der Waals surface area contributed by atoms with E-state index in [0.717, 1.165) is 25.4 Å². The topological polar surface area (TPSA) is 49.5 Å². The second-order valence-corrected chi connectivity index (χ2v) is 5.07. The normalized spacial score (nSPS) is 20.6. The molecule has 1 atom stereocenters. The van der Waals surface area contributed by atoms with Gasteiger partial charge in [-0.3, -0.25) is 0 Å². The van der Waals surface area contributed by atoms with Crippen LogP contribution in [0.4, 0.5) is 0 Å². The summed E-state index contributed by atoms with van der Waals surface area (Å²) in [5.41, 5.74) is 4.83. The molecule has 1 aliphatic carbocycles. The van der Waals surface area contributed by atoms with Crippen LogP contribution in [0.3, 0.4) is 0 Å². The van der Waals surface area contributed by atoms with Crippen LogP contribution in [-0.4, -0.2) is 41.3 Å². The number of rotatable bonds is 8. The summed E-state index contributed by atoms with van der Waals surface area (Å²) >= 11 is 0. The Morgan fingerprint density at radius 2 is 2.07 bits per heavy atom. The van der Waals surface area contributed by atoms with Crippen LogP contribution in [0.2, 0.25) is 0 Å². The lowest BCUT2D eigenvalue weighted by molar-refractivity contribution is 0.0540. The van der Waals surface area contributed by atoms with Crippen molar-refractivity contribution < 1.29 is 5.11 Å². The third-order valence-corrected chi connectivity index (χ3v) is 3.17. The Morgan fingerprint density at radius 3 is 2.53 bits per heavy atom. The minimum absolute atomic E-state index is 0.365. The van der Waals surface area contributed by atoms with Gasteiger partial charge in [0.1, 0.15) is 0 Å². The molecule has 0 saturated heterocycles. The highest BCUT2D eigenvalue weighted by atomic mass is 16.3. The molecule has 0 spiro atoms. The van der Waals surface area contributed by atoms with Gasteiger partial charge in [-0.15, -0.1) is 0 Å². The molecule has 1 saturated carbocycles. The van der Waals surface area contributed by atoms with Crippen molar-refractivity contribution >= 4 is 0 Å². The highest BCUT2D eigenvalue weighted by Gasteiger charge is 2.28. The van der Waals surface area contributed by atoms with Crippen molar-refractivity contribution in [1.82, 2.24) is 4.90 Å². The van der Waals surface area contributed by atoms with E-state index < -0.39 is 5.60 Å². The van der Waals surface area contributed by atoms with Crippen LogP contribution in [-0.2, 0) is 0 Å². The summed E-state index contributed by atoms with van der Waals surface area (Å²) < 4.78 is 0. The lowest BCUT2D eigenvalue weighted by Gasteiger charge is -2.25. The van der Waals surface area contributed by atoms with Gasteiger partial charge in [-0.1, -0.05) is 6.92 Å². The Labute approximate surface area is 93.6 Å². The zero-order valence-electron chi connectivity index (χ0n) is 10.2. The molecule has 0 aromatic rings. The Morgan fingerprint density at radius 1 is 1.40 bits per heavy atom. The summed E-state index contributed by atoms with van der Waals surface area (Å²) in [5.74, 6) is 0. The van der Waals surface area contributed by atoms with Crippen molar-refractivity contribution in [2.24, 2.45) is 5.73 Å². The van der Waals surface area contributed by atoms with Crippen molar-refractivity contribution in [2.75, 3.05) is 19.6 Å². The van der Waals surface area contributed by atoms with Crippen molar-refractivity contribution in [2.45, 2.75) is 57.6 Å². The fraction of sp³-hybridized carbons (Fsp3) is 1.00. The molecule has 15 heavy (non-hydrogen) atoms. The number of nitrogens with two attached hydrogens (primary N) is 1. The van der Waals surface area contributed by atoms with Gasteiger partial charge >= 0.3 is 0 Å². The Balaban J connectivity index is 2.16. The molecule has 1 aliphatic rings. The largest absolute Gasteiger partial charge is 0.389 e. The first-order valence-electron chi connectivity index (χ1n) is 6.25. The second kappa shape index (κ2) is 5.83. The first-order valence-corrected chi connectivity index (χ1v) is 6.25. The maximum Gasteiger partial charge on any atom is 0.0741 e. The van der Waals surface area contributed by atoms with Crippen molar-refractivity contribution in [3.05, 3.63) is 0 Å². The first kappa shape index (κ1) is 12.9. The van der Waals surface area contributed by atoms with E-state index in [1.807, 2.05) is 6.92 Å². The maximum atomic E-state index is 9.78. The molecule has 0 amide bonds. The van der Waals surface area contributed by atoms with Crippen LogP contribution in [0.5, 0.6) is 0 Å². The molecule has 0 radical (unpaired) electrons. The summed E-state index contributed by atoms with van der Waals surface area (Å²) in [7, 11) is 0. The van der Waals surface area contributed by atoms with Gasteiger partial charge in [-0.05, 0) is 52.1 Å². The standard InChI is InChI=1S/C12H26N2O/c1-3-8-14(11-5-6-11)9-4-7-12(2,15)10-13/h11,15H,3-10,13H2,1-2H3. The van der Waals surface area contributed by atoms with Gasteiger partial charge in [0.15, 0.2) is 0 Å². The van der Waals surface area contributed by atoms with E-state index in [4.69, 9.17) is 5.73 Å². The lowest BCUT2D eigenvalue weighted by atomic mass is 10.0. The van der Waals surface area contributed by atoms with Crippen molar-refractivity contribution in [3.63, 3.8) is 0 Å². The molecule has 0 aliphatic heterocycles. The summed E-state index contributed by atoms with van der Waals surface area (Å²) in [5, 5.41) is 9.78. The Hall–Kier alpha value is -0.120. The third kappa shape index (κ3) is 4.96. The van der Waals surface area contributed by atoms with Crippen LogP contribution in [0, 0.1) is 0 Å². The highest BCUT2D eigenvalue weighted by molar-refractivity contribution is 4.84. The lowest BCUT2D eigenvalue weighted by Crippen LogP contribution is -2.36. The van der Waals surface area contributed by atoms with E-state index in [-0.39, 0.29) is 0 Å². The predicted molar refractivity (Wildman–Crippen MR) is 63.8 cm³/mol. The van der Waals surface area contributed by atoms with Gasteiger partial charge in [0.25, 0.3) is 0 Å². The molecule has 1 fully saturated rings. The second-order valence-electron chi connectivity index (χ2n) is 5.07. The molecule has 1 rings (SSSR count). The number of aliphatic hydroxyl groups is 1. The zero-order valence-corrected chi connectivity index (χ0v) is 10.2. The number of hydrogen-bond donors (Lipinski definition) is 2. The van der Waals surface area contributed by atoms with E-state index in [1.54, 1.807) is 0 Å². The van der Waals surface area contributed by atoms with Crippen LogP contribution in [0.15, 0.2) is 0 Å². The minimum Gasteiger partial charge on any atom is -0.389 e. The fourth-order valence-electron chi connectivity index (χ4n) is 1.97. The number of hydrogen-bond acceptors (Lipinski definition) is 3.